The average Bonchev–Trinajstić information content (AvgIpc) is 3.23. The highest BCUT2D eigenvalue weighted by atomic mass is 16.5. The number of carbonyl (C=O) groups excluding carboxylic acids is 5. The number of hydrogen-bond donors (Lipinski definition) is 2. The van der Waals surface area contributed by atoms with Gasteiger partial charge in [-0.2, -0.15) is 0 Å². The number of imide groups is 1. The van der Waals surface area contributed by atoms with E-state index < -0.39 is 36.3 Å². The van der Waals surface area contributed by atoms with Crippen molar-refractivity contribution in [2.45, 2.75) is 12.5 Å². The van der Waals surface area contributed by atoms with Gasteiger partial charge in [0.05, 0.1) is 31.0 Å². The number of rotatable bonds is 9. The minimum Gasteiger partial charge on any atom is -0.497 e. The first kappa shape index (κ1) is 25.1. The maximum absolute atomic E-state index is 12.8. The van der Waals surface area contributed by atoms with Gasteiger partial charge < -0.3 is 9.47 Å². The Morgan fingerprint density at radius 3 is 2.35 bits per heavy atom. The van der Waals surface area contributed by atoms with Gasteiger partial charge in [0.25, 0.3) is 11.8 Å². The van der Waals surface area contributed by atoms with Crippen molar-refractivity contribution in [1.82, 2.24) is 20.8 Å². The molecular formula is C25H21N5O7. The average molecular weight is 503 g/mol. The van der Waals surface area contributed by atoms with E-state index in [2.05, 4.69) is 20.8 Å². The van der Waals surface area contributed by atoms with E-state index in [0.29, 0.717) is 11.3 Å². The van der Waals surface area contributed by atoms with Crippen molar-refractivity contribution in [3.63, 3.8) is 0 Å². The van der Waals surface area contributed by atoms with E-state index >= 15 is 0 Å². The molecule has 0 bridgehead atoms. The van der Waals surface area contributed by atoms with Crippen molar-refractivity contribution in [2.24, 2.45) is 0 Å². The fraction of sp³-hybridized carbons (Fsp3) is 0.160. The van der Waals surface area contributed by atoms with Gasteiger partial charge in [0, 0.05) is 18.0 Å². The number of nitrogens with one attached hydrogen (secondary N) is 2. The molecule has 1 saturated heterocycles. The Bertz CT molecular complexity index is 1330. The van der Waals surface area contributed by atoms with E-state index in [1.807, 2.05) is 0 Å². The van der Waals surface area contributed by atoms with Gasteiger partial charge in [0.15, 0.2) is 12.4 Å². The predicted octanol–water partition coefficient (Wildman–Crippen LogP) is 1.09. The molecule has 1 aliphatic rings. The highest BCUT2D eigenvalue weighted by Crippen LogP contribution is 2.23. The van der Waals surface area contributed by atoms with Gasteiger partial charge >= 0.3 is 5.97 Å². The van der Waals surface area contributed by atoms with Gasteiger partial charge in [-0.15, -0.1) is 0 Å². The number of ketones is 1. The minimum absolute atomic E-state index is 0.0387. The van der Waals surface area contributed by atoms with E-state index in [9.17, 15) is 24.0 Å². The third kappa shape index (κ3) is 5.82. The van der Waals surface area contributed by atoms with Crippen LogP contribution >= 0.6 is 0 Å². The monoisotopic (exact) mass is 503 g/mol. The van der Waals surface area contributed by atoms with Crippen LogP contribution in [0.3, 0.4) is 0 Å². The van der Waals surface area contributed by atoms with E-state index in [1.165, 1.54) is 50.0 Å². The highest BCUT2D eigenvalue weighted by molar-refractivity contribution is 6.22. The molecular weight excluding hydrogens is 482 g/mol. The molecule has 3 amide bonds. The topological polar surface area (TPSA) is 157 Å². The second kappa shape index (κ2) is 11.2. The van der Waals surface area contributed by atoms with Crippen LogP contribution in [0.5, 0.6) is 5.75 Å². The van der Waals surface area contributed by atoms with E-state index in [1.54, 1.807) is 24.3 Å². The van der Waals surface area contributed by atoms with Crippen LogP contribution in [0.1, 0.15) is 37.6 Å². The SMILES string of the molecule is COc1ccc(C(=O)COC(=O)c2ccc(N3C(=O)CC(NNC(=O)c4cnccn4)C3=O)cc2)cc1. The first-order valence-corrected chi connectivity index (χ1v) is 11.0. The standard InChI is InChI=1S/C25H21N5O7/c1-36-18-8-4-15(5-9-18)21(31)14-37-25(35)16-2-6-17(7-3-16)30-22(32)12-19(24(30)34)28-29-23(33)20-13-26-10-11-27-20/h2-11,13,19,28H,12,14H2,1H3,(H,29,33). The molecule has 1 fully saturated rings. The summed E-state index contributed by atoms with van der Waals surface area (Å²) in [7, 11) is 1.51. The summed E-state index contributed by atoms with van der Waals surface area (Å²) in [6.07, 6.45) is 3.83. The Labute approximate surface area is 210 Å². The van der Waals surface area contributed by atoms with Crippen molar-refractivity contribution in [3.05, 3.63) is 83.9 Å². The molecule has 37 heavy (non-hydrogen) atoms. The Kier molecular flexibility index (Phi) is 7.59. The maximum Gasteiger partial charge on any atom is 0.338 e. The molecule has 3 aromatic rings. The Morgan fingerprint density at radius 2 is 1.70 bits per heavy atom. The van der Waals surface area contributed by atoms with Crippen molar-refractivity contribution in [1.29, 1.82) is 0 Å². The summed E-state index contributed by atoms with van der Waals surface area (Å²) in [5.41, 5.74) is 5.67. The first-order valence-electron chi connectivity index (χ1n) is 11.0. The van der Waals surface area contributed by atoms with Crippen molar-refractivity contribution >= 4 is 35.2 Å². The number of anilines is 1. The van der Waals surface area contributed by atoms with Crippen LogP contribution in [-0.4, -0.2) is 59.2 Å². The Hall–Kier alpha value is -4.97. The van der Waals surface area contributed by atoms with E-state index in [4.69, 9.17) is 9.47 Å². The smallest absolute Gasteiger partial charge is 0.338 e. The molecule has 0 radical (unpaired) electrons. The lowest BCUT2D eigenvalue weighted by atomic mass is 10.1. The Morgan fingerprint density at radius 1 is 1.00 bits per heavy atom. The van der Waals surface area contributed by atoms with Crippen LogP contribution < -0.4 is 20.5 Å². The third-order valence-electron chi connectivity index (χ3n) is 5.41. The minimum atomic E-state index is -0.985. The molecule has 12 heteroatoms. The van der Waals surface area contributed by atoms with Crippen molar-refractivity contribution < 1.29 is 33.4 Å². The zero-order valence-corrected chi connectivity index (χ0v) is 19.5. The molecule has 0 aliphatic carbocycles. The van der Waals surface area contributed by atoms with Crippen LogP contribution in [0, 0.1) is 0 Å². The number of hydrazine groups is 1. The van der Waals surface area contributed by atoms with Gasteiger partial charge in [-0.3, -0.25) is 29.6 Å². The molecule has 4 rings (SSSR count). The van der Waals surface area contributed by atoms with Crippen LogP contribution in [0.2, 0.25) is 0 Å². The molecule has 1 unspecified atom stereocenters. The number of ether oxygens (including phenoxy) is 2. The molecule has 2 heterocycles. The number of carbonyl (C=O) groups is 5. The van der Waals surface area contributed by atoms with Crippen LogP contribution in [0.25, 0.3) is 0 Å². The molecule has 1 aromatic heterocycles. The van der Waals surface area contributed by atoms with Gasteiger partial charge in [0.2, 0.25) is 5.91 Å². The molecule has 0 spiro atoms. The molecule has 12 nitrogen and oxygen atoms in total. The number of benzene rings is 2. The van der Waals surface area contributed by atoms with Gasteiger partial charge in [0.1, 0.15) is 17.5 Å². The summed E-state index contributed by atoms with van der Waals surface area (Å²) in [6, 6.07) is 11.0. The lowest BCUT2D eigenvalue weighted by Gasteiger charge is -2.16. The molecule has 2 aromatic carbocycles. The van der Waals surface area contributed by atoms with Crippen LogP contribution in [0.4, 0.5) is 5.69 Å². The maximum atomic E-state index is 12.8. The molecule has 0 saturated carbocycles. The molecule has 1 atom stereocenters. The first-order chi connectivity index (χ1) is 17.9. The van der Waals surface area contributed by atoms with E-state index in [0.717, 1.165) is 4.90 Å². The summed E-state index contributed by atoms with van der Waals surface area (Å²) >= 11 is 0. The van der Waals surface area contributed by atoms with Crippen molar-refractivity contribution in [2.75, 3.05) is 18.6 Å². The summed E-state index contributed by atoms with van der Waals surface area (Å²) in [6.45, 7) is -0.455. The molecule has 2 N–H and O–H groups in total. The number of nitrogens with zero attached hydrogens (tertiary/aromatic N) is 3. The van der Waals surface area contributed by atoms with Crippen LogP contribution in [0.15, 0.2) is 67.1 Å². The highest BCUT2D eigenvalue weighted by Gasteiger charge is 2.39. The number of methoxy groups -OCH3 is 1. The van der Waals surface area contributed by atoms with Gasteiger partial charge in [-0.25, -0.2) is 20.1 Å². The third-order valence-corrected chi connectivity index (χ3v) is 5.41. The van der Waals surface area contributed by atoms with Crippen LogP contribution in [-0.2, 0) is 14.3 Å². The Balaban J connectivity index is 1.32. The second-order valence-corrected chi connectivity index (χ2v) is 7.79. The summed E-state index contributed by atoms with van der Waals surface area (Å²) in [4.78, 5) is 70.5. The number of hydrogen-bond acceptors (Lipinski definition) is 10. The quantitative estimate of drug-likeness (QED) is 0.187. The summed E-state index contributed by atoms with van der Waals surface area (Å²) in [5.74, 6) is -2.20. The number of aromatic nitrogens is 2. The zero-order valence-electron chi connectivity index (χ0n) is 19.5. The summed E-state index contributed by atoms with van der Waals surface area (Å²) in [5, 5.41) is 0. The fourth-order valence-corrected chi connectivity index (χ4v) is 3.47. The zero-order chi connectivity index (χ0) is 26.4. The fourth-order valence-electron chi connectivity index (χ4n) is 3.47. The largest absolute Gasteiger partial charge is 0.497 e. The second-order valence-electron chi connectivity index (χ2n) is 7.79. The lowest BCUT2D eigenvalue weighted by molar-refractivity contribution is -0.121. The lowest BCUT2D eigenvalue weighted by Crippen LogP contribution is -2.48. The van der Waals surface area contributed by atoms with Gasteiger partial charge in [-0.05, 0) is 48.5 Å². The number of Topliss-reactive ketones (excluding diaryl/α,β-unsaturated/α-hetero) is 1. The number of esters is 1. The van der Waals surface area contributed by atoms with Gasteiger partial charge in [-0.1, -0.05) is 0 Å². The van der Waals surface area contributed by atoms with Crippen molar-refractivity contribution in [3.8, 4) is 5.75 Å². The summed E-state index contributed by atoms with van der Waals surface area (Å²) < 4.78 is 10.1. The predicted molar refractivity (Wildman–Crippen MR) is 128 cm³/mol. The molecule has 1 aliphatic heterocycles. The number of amides is 3. The van der Waals surface area contributed by atoms with E-state index in [-0.39, 0.29) is 29.1 Å². The molecule has 188 valence electrons. The normalized spacial score (nSPS) is 14.8.